The number of hydrogen-bond donors (Lipinski definition) is 1. The Morgan fingerprint density at radius 3 is 2.67 bits per heavy atom. The van der Waals surface area contributed by atoms with Crippen LogP contribution in [0.3, 0.4) is 0 Å². The minimum Gasteiger partial charge on any atom is -0.495 e. The second kappa shape index (κ2) is 5.01. The SMILES string of the molecule is COc1ccc(NC2CCCCC2)nc1. The summed E-state index contributed by atoms with van der Waals surface area (Å²) in [7, 11) is 1.66. The van der Waals surface area contributed by atoms with Crippen molar-refractivity contribution in [1.82, 2.24) is 4.98 Å². The molecule has 15 heavy (non-hydrogen) atoms. The summed E-state index contributed by atoms with van der Waals surface area (Å²) in [6.07, 6.45) is 8.36. The largest absolute Gasteiger partial charge is 0.495 e. The van der Waals surface area contributed by atoms with Crippen molar-refractivity contribution in [1.29, 1.82) is 0 Å². The average molecular weight is 206 g/mol. The Hall–Kier alpha value is -1.25. The van der Waals surface area contributed by atoms with Gasteiger partial charge in [-0.2, -0.15) is 0 Å². The van der Waals surface area contributed by atoms with E-state index in [9.17, 15) is 0 Å². The third kappa shape index (κ3) is 2.85. The van der Waals surface area contributed by atoms with Gasteiger partial charge in [0.1, 0.15) is 11.6 Å². The van der Waals surface area contributed by atoms with Crippen LogP contribution in [0.15, 0.2) is 18.3 Å². The lowest BCUT2D eigenvalue weighted by molar-refractivity contribution is 0.413. The number of methoxy groups -OCH3 is 1. The van der Waals surface area contributed by atoms with E-state index in [1.54, 1.807) is 13.3 Å². The molecule has 0 aromatic carbocycles. The Morgan fingerprint density at radius 1 is 1.27 bits per heavy atom. The summed E-state index contributed by atoms with van der Waals surface area (Å²) in [5.41, 5.74) is 0. The minimum atomic E-state index is 0.611. The number of ether oxygens (including phenoxy) is 1. The standard InChI is InChI=1S/C12H18N2O/c1-15-11-7-8-12(13-9-11)14-10-5-3-2-4-6-10/h7-10H,2-6H2,1H3,(H,13,14). The third-order valence-electron chi connectivity index (χ3n) is 2.93. The Morgan fingerprint density at radius 2 is 2.07 bits per heavy atom. The molecule has 2 rings (SSSR count). The molecule has 0 aliphatic heterocycles. The molecular formula is C12H18N2O. The van der Waals surface area contributed by atoms with Crippen LogP contribution in [0.25, 0.3) is 0 Å². The molecule has 0 amide bonds. The fourth-order valence-electron chi connectivity index (χ4n) is 2.04. The first-order valence-corrected chi connectivity index (χ1v) is 5.65. The van der Waals surface area contributed by atoms with Gasteiger partial charge < -0.3 is 10.1 Å². The van der Waals surface area contributed by atoms with Crippen LogP contribution in [0.4, 0.5) is 5.82 Å². The zero-order valence-electron chi connectivity index (χ0n) is 9.20. The average Bonchev–Trinajstić information content (AvgIpc) is 2.31. The molecule has 0 bridgehead atoms. The monoisotopic (exact) mass is 206 g/mol. The summed E-state index contributed by atoms with van der Waals surface area (Å²) >= 11 is 0. The van der Waals surface area contributed by atoms with Gasteiger partial charge in [-0.25, -0.2) is 4.98 Å². The first kappa shape index (κ1) is 10.3. The van der Waals surface area contributed by atoms with Gasteiger partial charge >= 0.3 is 0 Å². The van der Waals surface area contributed by atoms with Gasteiger partial charge in [0.25, 0.3) is 0 Å². The molecule has 1 aliphatic carbocycles. The maximum absolute atomic E-state index is 5.07. The van der Waals surface area contributed by atoms with E-state index in [-0.39, 0.29) is 0 Å². The zero-order valence-corrected chi connectivity index (χ0v) is 9.20. The van der Waals surface area contributed by atoms with Crippen molar-refractivity contribution < 1.29 is 4.74 Å². The highest BCUT2D eigenvalue weighted by molar-refractivity contribution is 5.38. The van der Waals surface area contributed by atoms with Crippen LogP contribution < -0.4 is 10.1 Å². The molecule has 1 fully saturated rings. The van der Waals surface area contributed by atoms with E-state index in [0.717, 1.165) is 11.6 Å². The van der Waals surface area contributed by atoms with Gasteiger partial charge in [-0.05, 0) is 25.0 Å². The van der Waals surface area contributed by atoms with Gasteiger partial charge in [-0.3, -0.25) is 0 Å². The van der Waals surface area contributed by atoms with Crippen LogP contribution in [-0.4, -0.2) is 18.1 Å². The number of aromatic nitrogens is 1. The van der Waals surface area contributed by atoms with Gasteiger partial charge in [-0.15, -0.1) is 0 Å². The molecule has 0 unspecified atom stereocenters. The maximum Gasteiger partial charge on any atom is 0.137 e. The van der Waals surface area contributed by atoms with Crippen molar-refractivity contribution >= 4 is 5.82 Å². The Labute approximate surface area is 90.9 Å². The number of anilines is 1. The second-order valence-corrected chi connectivity index (χ2v) is 4.06. The van der Waals surface area contributed by atoms with Crippen molar-refractivity contribution in [2.45, 2.75) is 38.1 Å². The lowest BCUT2D eigenvalue weighted by Crippen LogP contribution is -2.22. The van der Waals surface area contributed by atoms with Crippen LogP contribution in [-0.2, 0) is 0 Å². The van der Waals surface area contributed by atoms with Gasteiger partial charge in [0, 0.05) is 6.04 Å². The summed E-state index contributed by atoms with van der Waals surface area (Å²) < 4.78 is 5.07. The highest BCUT2D eigenvalue weighted by Crippen LogP contribution is 2.21. The van der Waals surface area contributed by atoms with Crippen molar-refractivity contribution in [3.8, 4) is 5.75 Å². The topological polar surface area (TPSA) is 34.1 Å². The summed E-state index contributed by atoms with van der Waals surface area (Å²) in [5.74, 6) is 1.77. The van der Waals surface area contributed by atoms with Crippen molar-refractivity contribution in [3.05, 3.63) is 18.3 Å². The molecule has 1 saturated carbocycles. The molecule has 1 aromatic rings. The molecule has 3 nitrogen and oxygen atoms in total. The molecule has 0 spiro atoms. The van der Waals surface area contributed by atoms with Gasteiger partial charge in [0.2, 0.25) is 0 Å². The summed E-state index contributed by atoms with van der Waals surface area (Å²) in [4.78, 5) is 4.31. The van der Waals surface area contributed by atoms with Crippen molar-refractivity contribution in [2.24, 2.45) is 0 Å². The number of nitrogens with one attached hydrogen (secondary N) is 1. The van der Waals surface area contributed by atoms with Gasteiger partial charge in [0.05, 0.1) is 13.3 Å². The van der Waals surface area contributed by atoms with E-state index in [4.69, 9.17) is 4.74 Å². The third-order valence-corrected chi connectivity index (χ3v) is 2.93. The van der Waals surface area contributed by atoms with E-state index in [2.05, 4.69) is 10.3 Å². The number of pyridine rings is 1. The van der Waals surface area contributed by atoms with Crippen molar-refractivity contribution in [3.63, 3.8) is 0 Å². The van der Waals surface area contributed by atoms with E-state index < -0.39 is 0 Å². The molecular weight excluding hydrogens is 188 g/mol. The van der Waals surface area contributed by atoms with Crippen LogP contribution in [0.1, 0.15) is 32.1 Å². The summed E-state index contributed by atoms with van der Waals surface area (Å²) in [6, 6.07) is 4.53. The first-order chi connectivity index (χ1) is 7.38. The minimum absolute atomic E-state index is 0.611. The van der Waals surface area contributed by atoms with Gasteiger partial charge in [-0.1, -0.05) is 19.3 Å². The molecule has 82 valence electrons. The summed E-state index contributed by atoms with van der Waals surface area (Å²) in [6.45, 7) is 0. The first-order valence-electron chi connectivity index (χ1n) is 5.65. The molecule has 1 N–H and O–H groups in total. The number of rotatable bonds is 3. The zero-order chi connectivity index (χ0) is 10.5. The van der Waals surface area contributed by atoms with Crippen molar-refractivity contribution in [2.75, 3.05) is 12.4 Å². The van der Waals surface area contributed by atoms with Crippen LogP contribution in [0.5, 0.6) is 5.75 Å². The molecule has 0 radical (unpaired) electrons. The lowest BCUT2D eigenvalue weighted by atomic mass is 9.95. The molecule has 1 aliphatic rings. The smallest absolute Gasteiger partial charge is 0.137 e. The van der Waals surface area contributed by atoms with E-state index in [1.807, 2.05) is 12.1 Å². The van der Waals surface area contributed by atoms with Gasteiger partial charge in [0.15, 0.2) is 0 Å². The quantitative estimate of drug-likeness (QED) is 0.825. The predicted octanol–water partition coefficient (Wildman–Crippen LogP) is 2.83. The van der Waals surface area contributed by atoms with E-state index in [1.165, 1.54) is 32.1 Å². The molecule has 0 saturated heterocycles. The molecule has 0 atom stereocenters. The fourth-order valence-corrected chi connectivity index (χ4v) is 2.04. The Kier molecular flexibility index (Phi) is 3.43. The normalized spacial score (nSPS) is 17.4. The maximum atomic E-state index is 5.07. The highest BCUT2D eigenvalue weighted by atomic mass is 16.5. The number of nitrogens with zero attached hydrogens (tertiary/aromatic N) is 1. The van der Waals surface area contributed by atoms with E-state index >= 15 is 0 Å². The lowest BCUT2D eigenvalue weighted by Gasteiger charge is -2.23. The van der Waals surface area contributed by atoms with E-state index in [0.29, 0.717) is 6.04 Å². The Bertz CT molecular complexity index is 291. The number of hydrogen-bond acceptors (Lipinski definition) is 3. The predicted molar refractivity (Wildman–Crippen MR) is 61.3 cm³/mol. The second-order valence-electron chi connectivity index (χ2n) is 4.06. The van der Waals surface area contributed by atoms with Crippen LogP contribution >= 0.6 is 0 Å². The molecule has 3 heteroatoms. The molecule has 1 heterocycles. The highest BCUT2D eigenvalue weighted by Gasteiger charge is 2.12. The van der Waals surface area contributed by atoms with Crippen LogP contribution in [0, 0.1) is 0 Å². The summed E-state index contributed by atoms with van der Waals surface area (Å²) in [5, 5.41) is 3.47. The fraction of sp³-hybridized carbons (Fsp3) is 0.583. The Balaban J connectivity index is 1.91. The molecule has 1 aromatic heterocycles. The van der Waals surface area contributed by atoms with Crippen LogP contribution in [0.2, 0.25) is 0 Å².